The minimum Gasteiger partial charge on any atom is -0.387 e. The van der Waals surface area contributed by atoms with Crippen molar-refractivity contribution in [3.63, 3.8) is 0 Å². The Kier molecular flexibility index (Phi) is 5.47. The molecule has 0 bridgehead atoms. The van der Waals surface area contributed by atoms with E-state index in [0.717, 1.165) is 5.56 Å². The number of allylic oxidation sites excluding steroid dienone is 4. The van der Waals surface area contributed by atoms with Crippen LogP contribution in [0.4, 0.5) is 0 Å². The molecule has 3 rings (SSSR count). The lowest BCUT2D eigenvalue weighted by Gasteiger charge is -2.25. The molecule has 0 radical (unpaired) electrons. The number of aliphatic hydroxyl groups is 1. The number of halogens is 1. The first kappa shape index (κ1) is 16.5. The molecule has 0 saturated heterocycles. The molecule has 0 saturated carbocycles. The van der Waals surface area contributed by atoms with Crippen molar-refractivity contribution in [2.45, 2.75) is 11.5 Å². The molecule has 3 atom stereocenters. The van der Waals surface area contributed by atoms with Crippen LogP contribution in [-0.4, -0.2) is 16.2 Å². The summed E-state index contributed by atoms with van der Waals surface area (Å²) in [6.45, 7) is 0. The number of aliphatic hydroxyl groups excluding tert-OH is 1. The SMILES string of the molecule is OC(c1ccccc1)C(Cl)C1C=CC=CC1=NOc1ccccc1. The zero-order valence-electron chi connectivity index (χ0n) is 13.0. The van der Waals surface area contributed by atoms with E-state index >= 15 is 0 Å². The second-order valence-electron chi connectivity index (χ2n) is 5.49. The molecule has 1 aliphatic rings. The molecule has 4 heteroatoms. The Labute approximate surface area is 146 Å². The molecule has 1 N–H and O–H groups in total. The number of hydrogen-bond acceptors (Lipinski definition) is 3. The van der Waals surface area contributed by atoms with E-state index in [4.69, 9.17) is 16.4 Å². The topological polar surface area (TPSA) is 41.8 Å². The van der Waals surface area contributed by atoms with Crippen molar-refractivity contribution >= 4 is 17.3 Å². The summed E-state index contributed by atoms with van der Waals surface area (Å²) in [6.07, 6.45) is 6.76. The highest BCUT2D eigenvalue weighted by Crippen LogP contribution is 2.30. The van der Waals surface area contributed by atoms with Gasteiger partial charge in [0.25, 0.3) is 0 Å². The van der Waals surface area contributed by atoms with Gasteiger partial charge in [-0.25, -0.2) is 0 Å². The van der Waals surface area contributed by atoms with Gasteiger partial charge in [0.2, 0.25) is 0 Å². The van der Waals surface area contributed by atoms with Gasteiger partial charge in [-0.2, -0.15) is 0 Å². The maximum absolute atomic E-state index is 10.6. The lowest BCUT2D eigenvalue weighted by molar-refractivity contribution is 0.165. The average Bonchev–Trinajstić information content (AvgIpc) is 2.67. The highest BCUT2D eigenvalue weighted by atomic mass is 35.5. The van der Waals surface area contributed by atoms with Crippen molar-refractivity contribution in [1.29, 1.82) is 0 Å². The lowest BCUT2D eigenvalue weighted by Crippen LogP contribution is -2.28. The number of para-hydroxylation sites is 1. The van der Waals surface area contributed by atoms with E-state index in [1.54, 1.807) is 0 Å². The second-order valence-corrected chi connectivity index (χ2v) is 5.99. The summed E-state index contributed by atoms with van der Waals surface area (Å²) in [4.78, 5) is 5.47. The van der Waals surface area contributed by atoms with Crippen LogP contribution in [0.2, 0.25) is 0 Å². The number of hydrogen-bond donors (Lipinski definition) is 1. The summed E-state index contributed by atoms with van der Waals surface area (Å²) in [7, 11) is 0. The second kappa shape index (κ2) is 7.95. The van der Waals surface area contributed by atoms with Gasteiger partial charge >= 0.3 is 0 Å². The molecule has 3 unspecified atom stereocenters. The van der Waals surface area contributed by atoms with Crippen LogP contribution in [0, 0.1) is 5.92 Å². The van der Waals surface area contributed by atoms with E-state index in [-0.39, 0.29) is 5.92 Å². The predicted molar refractivity (Wildman–Crippen MR) is 97.3 cm³/mol. The number of benzene rings is 2. The van der Waals surface area contributed by atoms with Gasteiger partial charge in [-0.15, -0.1) is 11.6 Å². The van der Waals surface area contributed by atoms with E-state index < -0.39 is 11.5 Å². The molecule has 0 aromatic heterocycles. The smallest absolute Gasteiger partial charge is 0.157 e. The number of rotatable bonds is 5. The Balaban J connectivity index is 1.77. The molecule has 3 nitrogen and oxygen atoms in total. The van der Waals surface area contributed by atoms with Gasteiger partial charge in [0, 0.05) is 5.92 Å². The molecule has 2 aromatic carbocycles. The first-order valence-corrected chi connectivity index (χ1v) is 8.21. The van der Waals surface area contributed by atoms with Crippen LogP contribution in [0.1, 0.15) is 11.7 Å². The van der Waals surface area contributed by atoms with E-state index in [1.807, 2.05) is 85.0 Å². The molecule has 0 aliphatic heterocycles. The first-order valence-electron chi connectivity index (χ1n) is 7.77. The first-order chi connectivity index (χ1) is 11.8. The molecule has 122 valence electrons. The molecular weight excluding hydrogens is 322 g/mol. The third kappa shape index (κ3) is 3.94. The maximum Gasteiger partial charge on any atom is 0.157 e. The monoisotopic (exact) mass is 339 g/mol. The highest BCUT2D eigenvalue weighted by molar-refractivity contribution is 6.23. The minimum atomic E-state index is -0.795. The molecular formula is C20H18ClNO2. The Hall–Kier alpha value is -2.36. The molecule has 0 fully saturated rings. The van der Waals surface area contributed by atoms with Gasteiger partial charge in [-0.3, -0.25) is 0 Å². The van der Waals surface area contributed by atoms with Gasteiger partial charge in [-0.1, -0.05) is 71.9 Å². The largest absolute Gasteiger partial charge is 0.387 e. The van der Waals surface area contributed by atoms with Crippen molar-refractivity contribution < 1.29 is 9.94 Å². The van der Waals surface area contributed by atoms with Crippen LogP contribution in [0.15, 0.2) is 90.1 Å². The molecule has 1 aliphatic carbocycles. The Morgan fingerprint density at radius 2 is 1.62 bits per heavy atom. The lowest BCUT2D eigenvalue weighted by atomic mass is 9.89. The van der Waals surface area contributed by atoms with Crippen molar-refractivity contribution in [2.75, 3.05) is 0 Å². The number of nitrogens with zero attached hydrogens (tertiary/aromatic N) is 1. The molecule has 0 spiro atoms. The fourth-order valence-corrected chi connectivity index (χ4v) is 2.88. The van der Waals surface area contributed by atoms with Crippen LogP contribution in [0.25, 0.3) is 0 Å². The summed E-state index contributed by atoms with van der Waals surface area (Å²) in [6, 6.07) is 18.7. The van der Waals surface area contributed by atoms with Crippen molar-refractivity contribution in [3.8, 4) is 5.75 Å². The summed E-state index contributed by atoms with van der Waals surface area (Å²) in [5, 5.41) is 14.2. The van der Waals surface area contributed by atoms with E-state index in [9.17, 15) is 5.11 Å². The van der Waals surface area contributed by atoms with Crippen molar-refractivity contribution in [3.05, 3.63) is 90.5 Å². The summed E-state index contributed by atoms with van der Waals surface area (Å²) < 4.78 is 0. The Morgan fingerprint density at radius 1 is 0.958 bits per heavy atom. The van der Waals surface area contributed by atoms with Crippen LogP contribution < -0.4 is 4.84 Å². The van der Waals surface area contributed by atoms with Gasteiger partial charge in [0.1, 0.15) is 0 Å². The van der Waals surface area contributed by atoms with E-state index in [0.29, 0.717) is 11.5 Å². The fraction of sp³-hybridized carbons (Fsp3) is 0.150. The summed E-state index contributed by atoms with van der Waals surface area (Å²) >= 11 is 6.55. The van der Waals surface area contributed by atoms with Crippen LogP contribution in [-0.2, 0) is 0 Å². The third-order valence-electron chi connectivity index (χ3n) is 3.82. The van der Waals surface area contributed by atoms with Crippen LogP contribution in [0.5, 0.6) is 5.75 Å². The number of alkyl halides is 1. The highest BCUT2D eigenvalue weighted by Gasteiger charge is 2.30. The summed E-state index contributed by atoms with van der Waals surface area (Å²) in [5.74, 6) is 0.414. The molecule has 24 heavy (non-hydrogen) atoms. The Bertz CT molecular complexity index is 741. The zero-order valence-corrected chi connectivity index (χ0v) is 13.8. The van der Waals surface area contributed by atoms with E-state index in [2.05, 4.69) is 5.16 Å². The van der Waals surface area contributed by atoms with Crippen molar-refractivity contribution in [1.82, 2.24) is 0 Å². The quantitative estimate of drug-likeness (QED) is 0.643. The van der Waals surface area contributed by atoms with Gasteiger partial charge in [0.05, 0.1) is 17.2 Å². The van der Waals surface area contributed by atoms with Gasteiger partial charge < -0.3 is 9.94 Å². The van der Waals surface area contributed by atoms with Gasteiger partial charge in [0.15, 0.2) is 5.75 Å². The summed E-state index contributed by atoms with van der Waals surface area (Å²) in [5.41, 5.74) is 1.46. The normalized spacial score (nSPS) is 20.8. The van der Waals surface area contributed by atoms with Gasteiger partial charge in [-0.05, 0) is 23.8 Å². The maximum atomic E-state index is 10.6. The molecule has 0 amide bonds. The minimum absolute atomic E-state index is 0.240. The molecule has 2 aromatic rings. The van der Waals surface area contributed by atoms with Crippen LogP contribution >= 0.6 is 11.6 Å². The standard InChI is InChI=1S/C20H18ClNO2/c21-19(20(23)15-9-3-1-4-10-15)17-13-7-8-14-18(17)22-24-16-11-5-2-6-12-16/h1-14,17,19-20,23H. The van der Waals surface area contributed by atoms with Crippen molar-refractivity contribution in [2.24, 2.45) is 11.1 Å². The third-order valence-corrected chi connectivity index (χ3v) is 4.33. The fourth-order valence-electron chi connectivity index (χ4n) is 2.53. The zero-order chi connectivity index (χ0) is 16.8. The van der Waals surface area contributed by atoms with E-state index in [1.165, 1.54) is 0 Å². The molecule has 0 heterocycles. The average molecular weight is 340 g/mol. The Morgan fingerprint density at radius 3 is 2.33 bits per heavy atom. The van der Waals surface area contributed by atoms with Crippen LogP contribution in [0.3, 0.4) is 0 Å². The number of oxime groups is 1. The predicted octanol–water partition coefficient (Wildman–Crippen LogP) is 4.50.